The predicted molar refractivity (Wildman–Crippen MR) is 51.1 cm³/mol. The van der Waals surface area contributed by atoms with Gasteiger partial charge in [0.25, 0.3) is 0 Å². The Kier molecular flexibility index (Phi) is 3.54. The van der Waals surface area contributed by atoms with Crippen LogP contribution in [0.5, 0.6) is 0 Å². The molecule has 0 aromatic rings. The monoisotopic (exact) mass is 184 g/mol. The van der Waals surface area contributed by atoms with Crippen molar-refractivity contribution in [1.82, 2.24) is 0 Å². The van der Waals surface area contributed by atoms with Gasteiger partial charge in [-0.25, -0.2) is 0 Å². The van der Waals surface area contributed by atoms with Gasteiger partial charge in [-0.15, -0.1) is 6.58 Å². The van der Waals surface area contributed by atoms with Crippen molar-refractivity contribution in [3.8, 4) is 0 Å². The fraction of sp³-hybridized carbons (Fsp3) is 0.500. The Balaban J connectivity index is 2.49. The summed E-state index contributed by atoms with van der Waals surface area (Å²) in [5.41, 5.74) is 0.818. The maximum atomic E-state index is 10.9. The Labute approximate surface area is 78.1 Å². The highest BCUT2D eigenvalue weighted by Crippen LogP contribution is 2.31. The average molecular weight is 185 g/mol. The molecule has 0 aromatic heterocycles. The molecule has 0 bridgehead atoms. The molecule has 1 atom stereocenters. The first-order valence-corrected chi connectivity index (χ1v) is 4.64. The second-order valence-corrected chi connectivity index (χ2v) is 3.42. The lowest BCUT2D eigenvalue weighted by atomic mass is 9.97. The van der Waals surface area contributed by atoms with E-state index in [1.807, 2.05) is 12.2 Å². The van der Waals surface area contributed by atoms with Gasteiger partial charge < -0.3 is 0 Å². The van der Waals surface area contributed by atoms with Gasteiger partial charge in [0.2, 0.25) is 5.24 Å². The van der Waals surface area contributed by atoms with Crippen LogP contribution in [0.15, 0.2) is 24.3 Å². The Morgan fingerprint density at radius 1 is 1.83 bits per heavy atom. The summed E-state index contributed by atoms with van der Waals surface area (Å²) >= 11 is 5.42. The molecular formula is C10H13ClO. The lowest BCUT2D eigenvalue weighted by Gasteiger charge is -2.09. The van der Waals surface area contributed by atoms with Gasteiger partial charge in [-0.1, -0.05) is 12.2 Å². The van der Waals surface area contributed by atoms with Crippen LogP contribution in [0.4, 0.5) is 0 Å². The van der Waals surface area contributed by atoms with Gasteiger partial charge >= 0.3 is 0 Å². The van der Waals surface area contributed by atoms with Gasteiger partial charge in [-0.2, -0.15) is 0 Å². The third-order valence-electron chi connectivity index (χ3n) is 2.27. The highest BCUT2D eigenvalue weighted by Gasteiger charge is 2.22. The van der Waals surface area contributed by atoms with Crippen molar-refractivity contribution in [2.75, 3.05) is 0 Å². The normalized spacial score (nSPS) is 22.1. The average Bonchev–Trinajstić information content (AvgIpc) is 2.48. The molecule has 1 aliphatic carbocycles. The summed E-state index contributed by atoms with van der Waals surface area (Å²) in [6.45, 7) is 3.65. The molecule has 0 heterocycles. The molecule has 0 aliphatic heterocycles. The van der Waals surface area contributed by atoms with Gasteiger partial charge in [0.15, 0.2) is 0 Å². The summed E-state index contributed by atoms with van der Waals surface area (Å²) < 4.78 is 0. The van der Waals surface area contributed by atoms with E-state index in [0.717, 1.165) is 31.3 Å². The first-order chi connectivity index (χ1) is 5.75. The number of carbonyl (C=O) groups is 1. The number of rotatable bonds is 4. The van der Waals surface area contributed by atoms with E-state index in [2.05, 4.69) is 6.58 Å². The SMILES string of the molecule is C=CCCC1CCC=C1C(=O)Cl. The van der Waals surface area contributed by atoms with Crippen LogP contribution in [0, 0.1) is 5.92 Å². The Morgan fingerprint density at radius 3 is 3.17 bits per heavy atom. The molecular weight excluding hydrogens is 172 g/mol. The molecule has 1 aliphatic rings. The van der Waals surface area contributed by atoms with E-state index in [1.54, 1.807) is 0 Å². The van der Waals surface area contributed by atoms with Crippen molar-refractivity contribution in [3.63, 3.8) is 0 Å². The fourth-order valence-electron chi connectivity index (χ4n) is 1.62. The highest BCUT2D eigenvalue weighted by atomic mass is 35.5. The predicted octanol–water partition coefficient (Wildman–Crippen LogP) is 3.05. The summed E-state index contributed by atoms with van der Waals surface area (Å²) in [4.78, 5) is 10.9. The molecule has 1 unspecified atom stereocenters. The third-order valence-corrected chi connectivity index (χ3v) is 2.48. The van der Waals surface area contributed by atoms with Crippen LogP contribution in [0.25, 0.3) is 0 Å². The number of allylic oxidation sites excluding steroid dienone is 3. The topological polar surface area (TPSA) is 17.1 Å². The second-order valence-electron chi connectivity index (χ2n) is 3.07. The van der Waals surface area contributed by atoms with Crippen molar-refractivity contribution < 1.29 is 4.79 Å². The summed E-state index contributed by atoms with van der Waals surface area (Å²) in [6, 6.07) is 0. The molecule has 1 rings (SSSR count). The van der Waals surface area contributed by atoms with Gasteiger partial charge in [0, 0.05) is 5.57 Å². The second kappa shape index (κ2) is 4.46. The first-order valence-electron chi connectivity index (χ1n) is 4.26. The Bertz CT molecular complexity index is 218. The summed E-state index contributed by atoms with van der Waals surface area (Å²) in [5, 5.41) is -0.276. The molecule has 0 amide bonds. The van der Waals surface area contributed by atoms with Gasteiger partial charge in [0.1, 0.15) is 0 Å². The van der Waals surface area contributed by atoms with Crippen LogP contribution in [-0.2, 0) is 4.79 Å². The molecule has 0 fully saturated rings. The van der Waals surface area contributed by atoms with E-state index in [0.29, 0.717) is 5.92 Å². The summed E-state index contributed by atoms with van der Waals surface area (Å²) in [5.74, 6) is 0.382. The fourth-order valence-corrected chi connectivity index (χ4v) is 1.85. The van der Waals surface area contributed by atoms with Crippen molar-refractivity contribution in [3.05, 3.63) is 24.3 Å². The van der Waals surface area contributed by atoms with E-state index in [9.17, 15) is 4.79 Å². The molecule has 0 saturated carbocycles. The largest absolute Gasteiger partial charge is 0.276 e. The molecule has 12 heavy (non-hydrogen) atoms. The smallest absolute Gasteiger partial charge is 0.248 e. The Morgan fingerprint density at radius 2 is 2.58 bits per heavy atom. The summed E-state index contributed by atoms with van der Waals surface area (Å²) in [6.07, 6.45) is 7.88. The van der Waals surface area contributed by atoms with Crippen molar-refractivity contribution in [2.24, 2.45) is 5.92 Å². The number of carbonyl (C=O) groups excluding carboxylic acids is 1. The third kappa shape index (κ3) is 2.21. The van der Waals surface area contributed by atoms with Gasteiger partial charge in [-0.3, -0.25) is 4.79 Å². The van der Waals surface area contributed by atoms with E-state index in [1.165, 1.54) is 0 Å². The maximum Gasteiger partial charge on any atom is 0.248 e. The molecule has 1 nitrogen and oxygen atoms in total. The lowest BCUT2D eigenvalue weighted by molar-refractivity contribution is -0.109. The minimum Gasteiger partial charge on any atom is -0.276 e. The molecule has 0 aromatic carbocycles. The molecule has 0 N–H and O–H groups in total. The molecule has 0 saturated heterocycles. The van der Waals surface area contributed by atoms with Crippen LogP contribution >= 0.6 is 11.6 Å². The number of hydrogen-bond acceptors (Lipinski definition) is 1. The van der Waals surface area contributed by atoms with E-state index in [-0.39, 0.29) is 5.24 Å². The standard InChI is InChI=1S/C10H13ClO/c1-2-3-5-8-6-4-7-9(8)10(11)12/h2,7-8H,1,3-6H2. The van der Waals surface area contributed by atoms with E-state index < -0.39 is 0 Å². The van der Waals surface area contributed by atoms with Crippen LogP contribution in [0.3, 0.4) is 0 Å². The van der Waals surface area contributed by atoms with Crippen molar-refractivity contribution >= 4 is 16.8 Å². The highest BCUT2D eigenvalue weighted by molar-refractivity contribution is 6.67. The van der Waals surface area contributed by atoms with Crippen molar-refractivity contribution in [2.45, 2.75) is 25.7 Å². The van der Waals surface area contributed by atoms with Crippen LogP contribution in [-0.4, -0.2) is 5.24 Å². The molecule has 0 spiro atoms. The first kappa shape index (κ1) is 9.53. The molecule has 66 valence electrons. The number of hydrogen-bond donors (Lipinski definition) is 0. The lowest BCUT2D eigenvalue weighted by Crippen LogP contribution is -2.04. The zero-order valence-corrected chi connectivity index (χ0v) is 7.81. The van der Waals surface area contributed by atoms with E-state index >= 15 is 0 Å². The van der Waals surface area contributed by atoms with E-state index in [4.69, 9.17) is 11.6 Å². The number of halogens is 1. The maximum absolute atomic E-state index is 10.9. The minimum atomic E-state index is -0.276. The zero-order chi connectivity index (χ0) is 8.97. The van der Waals surface area contributed by atoms with Gasteiger partial charge in [-0.05, 0) is 43.2 Å². The van der Waals surface area contributed by atoms with Crippen molar-refractivity contribution in [1.29, 1.82) is 0 Å². The molecule has 0 radical (unpaired) electrons. The summed E-state index contributed by atoms with van der Waals surface area (Å²) in [7, 11) is 0. The molecule has 2 heteroatoms. The minimum absolute atomic E-state index is 0.276. The quantitative estimate of drug-likeness (QED) is 0.485. The zero-order valence-electron chi connectivity index (χ0n) is 7.05. The van der Waals surface area contributed by atoms with Crippen LogP contribution in [0.2, 0.25) is 0 Å². The Hall–Kier alpha value is -0.560. The van der Waals surface area contributed by atoms with Crippen LogP contribution < -0.4 is 0 Å². The van der Waals surface area contributed by atoms with Gasteiger partial charge in [0.05, 0.1) is 0 Å². The van der Waals surface area contributed by atoms with Crippen LogP contribution in [0.1, 0.15) is 25.7 Å².